The number of rotatable bonds is 8. The molecule has 0 spiro atoms. The van der Waals surface area contributed by atoms with Crippen LogP contribution in [0.25, 0.3) is 11.3 Å². The maximum atomic E-state index is 12.5. The Balaban J connectivity index is 2.39. The van der Waals surface area contributed by atoms with Crippen LogP contribution in [0.15, 0.2) is 35.4 Å². The van der Waals surface area contributed by atoms with Gasteiger partial charge in [-0.05, 0) is 31.5 Å². The van der Waals surface area contributed by atoms with E-state index >= 15 is 0 Å². The van der Waals surface area contributed by atoms with Gasteiger partial charge in [-0.1, -0.05) is 26.2 Å². The highest BCUT2D eigenvalue weighted by molar-refractivity contribution is 5.90. The molecule has 2 aromatic heterocycles. The second-order valence-electron chi connectivity index (χ2n) is 5.49. The second kappa shape index (κ2) is 8.96. The van der Waals surface area contributed by atoms with Crippen molar-refractivity contribution in [1.29, 1.82) is 0 Å². The molecule has 0 aliphatic carbocycles. The van der Waals surface area contributed by atoms with E-state index in [0.717, 1.165) is 31.2 Å². The Hall–Kier alpha value is -2.50. The Morgan fingerprint density at radius 1 is 1.17 bits per heavy atom. The van der Waals surface area contributed by atoms with Gasteiger partial charge in [-0.25, -0.2) is 9.48 Å². The minimum absolute atomic E-state index is 0.0224. The van der Waals surface area contributed by atoms with E-state index in [1.165, 1.54) is 10.7 Å². The molecule has 6 heteroatoms. The standard InChI is InChI=1S/C18H23N3O3/c1-3-5-6-7-12-21-17(22)15(18(23)24-4-2)13-16(20-21)14-8-10-19-11-9-14/h8-11,13H,3-7,12H2,1-2H3. The summed E-state index contributed by atoms with van der Waals surface area (Å²) < 4.78 is 6.38. The van der Waals surface area contributed by atoms with E-state index in [9.17, 15) is 9.59 Å². The molecule has 0 saturated heterocycles. The minimum Gasteiger partial charge on any atom is -0.462 e. The van der Waals surface area contributed by atoms with E-state index in [0.29, 0.717) is 12.2 Å². The number of aryl methyl sites for hydroxylation is 1. The first-order chi connectivity index (χ1) is 11.7. The number of esters is 1. The molecule has 6 nitrogen and oxygen atoms in total. The summed E-state index contributed by atoms with van der Waals surface area (Å²) in [6.07, 6.45) is 7.41. The summed E-state index contributed by atoms with van der Waals surface area (Å²) in [6, 6.07) is 5.09. The van der Waals surface area contributed by atoms with Crippen molar-refractivity contribution in [3.63, 3.8) is 0 Å². The number of nitrogens with zero attached hydrogens (tertiary/aromatic N) is 3. The zero-order valence-electron chi connectivity index (χ0n) is 14.2. The van der Waals surface area contributed by atoms with Gasteiger partial charge in [0.2, 0.25) is 0 Å². The largest absolute Gasteiger partial charge is 0.462 e. The number of hydrogen-bond acceptors (Lipinski definition) is 5. The lowest BCUT2D eigenvalue weighted by atomic mass is 10.1. The van der Waals surface area contributed by atoms with E-state index in [4.69, 9.17) is 4.74 Å². The van der Waals surface area contributed by atoms with Crippen LogP contribution in [-0.4, -0.2) is 27.3 Å². The SMILES string of the molecule is CCCCCCn1nc(-c2ccncc2)cc(C(=O)OCC)c1=O. The molecule has 128 valence electrons. The average Bonchev–Trinajstić information content (AvgIpc) is 2.61. The van der Waals surface area contributed by atoms with Crippen LogP contribution < -0.4 is 5.56 Å². The molecule has 0 radical (unpaired) electrons. The predicted octanol–water partition coefficient (Wildman–Crippen LogP) is 3.06. The topological polar surface area (TPSA) is 74.1 Å². The highest BCUT2D eigenvalue weighted by Crippen LogP contribution is 2.16. The number of ether oxygens (including phenoxy) is 1. The maximum absolute atomic E-state index is 12.5. The van der Waals surface area contributed by atoms with Gasteiger partial charge in [0.05, 0.1) is 12.3 Å². The van der Waals surface area contributed by atoms with Crippen molar-refractivity contribution in [3.05, 3.63) is 46.5 Å². The number of carbonyl (C=O) groups is 1. The summed E-state index contributed by atoms with van der Waals surface area (Å²) >= 11 is 0. The molecule has 0 unspecified atom stereocenters. The van der Waals surface area contributed by atoms with Crippen molar-refractivity contribution in [2.24, 2.45) is 0 Å². The van der Waals surface area contributed by atoms with Crippen molar-refractivity contribution < 1.29 is 9.53 Å². The molecule has 24 heavy (non-hydrogen) atoms. The maximum Gasteiger partial charge on any atom is 0.343 e. The van der Waals surface area contributed by atoms with Gasteiger partial charge >= 0.3 is 5.97 Å². The number of aromatic nitrogens is 3. The molecule has 0 amide bonds. The monoisotopic (exact) mass is 329 g/mol. The van der Waals surface area contributed by atoms with E-state index in [1.54, 1.807) is 31.5 Å². The minimum atomic E-state index is -0.609. The lowest BCUT2D eigenvalue weighted by Gasteiger charge is -2.10. The zero-order chi connectivity index (χ0) is 17.4. The van der Waals surface area contributed by atoms with Crippen LogP contribution in [0.2, 0.25) is 0 Å². The number of pyridine rings is 1. The van der Waals surface area contributed by atoms with Crippen LogP contribution >= 0.6 is 0 Å². The zero-order valence-corrected chi connectivity index (χ0v) is 14.2. The van der Waals surface area contributed by atoms with Gasteiger partial charge in [-0.15, -0.1) is 0 Å². The fourth-order valence-electron chi connectivity index (χ4n) is 2.40. The van der Waals surface area contributed by atoms with E-state index < -0.39 is 11.5 Å². The molecular formula is C18H23N3O3. The Morgan fingerprint density at radius 3 is 2.58 bits per heavy atom. The Labute approximate surface area is 141 Å². The van der Waals surface area contributed by atoms with Crippen molar-refractivity contribution in [2.45, 2.75) is 46.1 Å². The Kier molecular flexibility index (Phi) is 6.66. The van der Waals surface area contributed by atoms with Gasteiger partial charge < -0.3 is 4.74 Å². The van der Waals surface area contributed by atoms with Crippen molar-refractivity contribution >= 4 is 5.97 Å². The third kappa shape index (κ3) is 4.50. The fraction of sp³-hybridized carbons (Fsp3) is 0.444. The van der Waals surface area contributed by atoms with Gasteiger partial charge in [-0.2, -0.15) is 5.10 Å². The summed E-state index contributed by atoms with van der Waals surface area (Å²) in [5.41, 5.74) is 0.991. The van der Waals surface area contributed by atoms with Crippen molar-refractivity contribution in [3.8, 4) is 11.3 Å². The van der Waals surface area contributed by atoms with Gasteiger partial charge in [0.15, 0.2) is 0 Å². The van der Waals surface area contributed by atoms with Gasteiger partial charge in [-0.3, -0.25) is 9.78 Å². The first kappa shape index (κ1) is 17.8. The number of unbranched alkanes of at least 4 members (excludes halogenated alkanes) is 3. The third-order valence-corrected chi connectivity index (χ3v) is 3.67. The highest BCUT2D eigenvalue weighted by atomic mass is 16.5. The highest BCUT2D eigenvalue weighted by Gasteiger charge is 2.17. The van der Waals surface area contributed by atoms with Gasteiger partial charge in [0.1, 0.15) is 5.56 Å². The van der Waals surface area contributed by atoms with Crippen LogP contribution in [0.4, 0.5) is 0 Å². The molecular weight excluding hydrogens is 306 g/mol. The third-order valence-electron chi connectivity index (χ3n) is 3.67. The predicted molar refractivity (Wildman–Crippen MR) is 91.8 cm³/mol. The molecule has 0 N–H and O–H groups in total. The number of carbonyl (C=O) groups excluding carboxylic acids is 1. The van der Waals surface area contributed by atoms with Crippen LogP contribution in [-0.2, 0) is 11.3 Å². The summed E-state index contributed by atoms with van der Waals surface area (Å²) in [7, 11) is 0. The van der Waals surface area contributed by atoms with Crippen LogP contribution in [0.1, 0.15) is 49.9 Å². The average molecular weight is 329 g/mol. The van der Waals surface area contributed by atoms with E-state index in [1.807, 2.05) is 0 Å². The molecule has 0 aromatic carbocycles. The summed E-state index contributed by atoms with van der Waals surface area (Å²) in [5, 5.41) is 4.41. The van der Waals surface area contributed by atoms with Crippen LogP contribution in [0.5, 0.6) is 0 Å². The molecule has 0 bridgehead atoms. The smallest absolute Gasteiger partial charge is 0.343 e. The van der Waals surface area contributed by atoms with E-state index in [-0.39, 0.29) is 12.2 Å². The first-order valence-electron chi connectivity index (χ1n) is 8.37. The molecule has 0 saturated carbocycles. The van der Waals surface area contributed by atoms with Crippen molar-refractivity contribution in [1.82, 2.24) is 14.8 Å². The lowest BCUT2D eigenvalue weighted by Crippen LogP contribution is -2.30. The molecule has 2 rings (SSSR count). The summed E-state index contributed by atoms with van der Waals surface area (Å²) in [6.45, 7) is 4.56. The summed E-state index contributed by atoms with van der Waals surface area (Å²) in [5.74, 6) is -0.609. The fourth-order valence-corrected chi connectivity index (χ4v) is 2.40. The van der Waals surface area contributed by atoms with Gasteiger partial charge in [0, 0.05) is 24.5 Å². The van der Waals surface area contributed by atoms with Crippen LogP contribution in [0.3, 0.4) is 0 Å². The quantitative estimate of drug-likeness (QED) is 0.549. The molecule has 0 fully saturated rings. The van der Waals surface area contributed by atoms with Gasteiger partial charge in [0.25, 0.3) is 5.56 Å². The Bertz CT molecular complexity index is 726. The van der Waals surface area contributed by atoms with Crippen molar-refractivity contribution in [2.75, 3.05) is 6.61 Å². The molecule has 0 atom stereocenters. The molecule has 2 heterocycles. The second-order valence-corrected chi connectivity index (χ2v) is 5.49. The molecule has 2 aromatic rings. The first-order valence-corrected chi connectivity index (χ1v) is 8.37. The lowest BCUT2D eigenvalue weighted by molar-refractivity contribution is 0.0523. The van der Waals surface area contributed by atoms with Crippen LogP contribution in [0, 0.1) is 0 Å². The molecule has 0 aliphatic rings. The van der Waals surface area contributed by atoms with E-state index in [2.05, 4.69) is 17.0 Å². The number of hydrogen-bond donors (Lipinski definition) is 0. The normalized spacial score (nSPS) is 10.6. The summed E-state index contributed by atoms with van der Waals surface area (Å²) in [4.78, 5) is 28.6. The molecule has 0 aliphatic heterocycles. The Morgan fingerprint density at radius 2 is 1.92 bits per heavy atom.